The number of aromatic nitrogens is 3. The average molecular weight is 553 g/mol. The minimum absolute atomic E-state index is 0.206. The van der Waals surface area contributed by atoms with Gasteiger partial charge >= 0.3 is 0 Å². The highest BCUT2D eigenvalue weighted by Crippen LogP contribution is 2.27. The minimum Gasteiger partial charge on any atom is -0.506 e. The van der Waals surface area contributed by atoms with Crippen molar-refractivity contribution in [2.75, 3.05) is 57.8 Å². The summed E-state index contributed by atoms with van der Waals surface area (Å²) in [6, 6.07) is 20.6. The third-order valence-electron chi connectivity index (χ3n) is 8.19. The second-order valence-corrected chi connectivity index (χ2v) is 11.1. The molecular formula is C33H40N6O2. The molecule has 2 saturated heterocycles. The summed E-state index contributed by atoms with van der Waals surface area (Å²) in [6.07, 6.45) is 6.41. The highest BCUT2D eigenvalue weighted by Gasteiger charge is 2.23. The molecule has 214 valence electrons. The van der Waals surface area contributed by atoms with Gasteiger partial charge in [-0.2, -0.15) is 0 Å². The Morgan fingerprint density at radius 2 is 1.61 bits per heavy atom. The number of rotatable bonds is 9. The largest absolute Gasteiger partial charge is 0.506 e. The Morgan fingerprint density at radius 3 is 2.39 bits per heavy atom. The van der Waals surface area contributed by atoms with Gasteiger partial charge < -0.3 is 24.6 Å². The molecule has 2 aromatic heterocycles. The van der Waals surface area contributed by atoms with Gasteiger partial charge in [0.15, 0.2) is 0 Å². The van der Waals surface area contributed by atoms with Gasteiger partial charge in [-0.3, -0.25) is 9.88 Å². The van der Waals surface area contributed by atoms with E-state index in [2.05, 4.69) is 67.2 Å². The van der Waals surface area contributed by atoms with Gasteiger partial charge in [0.25, 0.3) is 0 Å². The summed E-state index contributed by atoms with van der Waals surface area (Å²) in [4.78, 5) is 14.8. The Labute approximate surface area is 242 Å². The van der Waals surface area contributed by atoms with Crippen LogP contribution in [0, 0.1) is 6.92 Å². The van der Waals surface area contributed by atoms with Gasteiger partial charge in [0, 0.05) is 51.0 Å². The number of ether oxygens (including phenoxy) is 1. The van der Waals surface area contributed by atoms with Gasteiger partial charge in [0.1, 0.15) is 11.4 Å². The second-order valence-electron chi connectivity index (χ2n) is 11.1. The summed E-state index contributed by atoms with van der Waals surface area (Å²) >= 11 is 0. The molecule has 0 atom stereocenters. The van der Waals surface area contributed by atoms with E-state index in [-0.39, 0.29) is 5.75 Å². The third-order valence-corrected chi connectivity index (χ3v) is 8.19. The van der Waals surface area contributed by atoms with E-state index in [4.69, 9.17) is 9.72 Å². The summed E-state index contributed by atoms with van der Waals surface area (Å²) < 4.78 is 7.66. The van der Waals surface area contributed by atoms with E-state index < -0.39 is 0 Å². The molecule has 8 nitrogen and oxygen atoms in total. The fraction of sp³-hybridized carbons (Fsp3) is 0.394. The van der Waals surface area contributed by atoms with Crippen molar-refractivity contribution in [1.29, 1.82) is 0 Å². The molecule has 4 heterocycles. The molecule has 41 heavy (non-hydrogen) atoms. The van der Waals surface area contributed by atoms with E-state index in [1.165, 1.54) is 0 Å². The fourth-order valence-electron chi connectivity index (χ4n) is 5.73. The normalized spacial score (nSPS) is 17.5. The molecule has 0 amide bonds. The molecule has 2 N–H and O–H groups in total. The number of likely N-dealkylation sites (tertiary alicyclic amines) is 1. The molecule has 0 aliphatic carbocycles. The quantitative estimate of drug-likeness (QED) is 0.287. The molecule has 2 fully saturated rings. The molecule has 4 aromatic rings. The van der Waals surface area contributed by atoms with Crippen molar-refractivity contribution < 1.29 is 9.84 Å². The van der Waals surface area contributed by atoms with Crippen LogP contribution in [0.1, 0.15) is 35.4 Å². The molecule has 0 unspecified atom stereocenters. The number of morpholine rings is 1. The van der Waals surface area contributed by atoms with E-state index in [1.807, 2.05) is 31.2 Å². The maximum Gasteiger partial charge on any atom is 0.204 e. The van der Waals surface area contributed by atoms with Gasteiger partial charge in [-0.1, -0.05) is 48.6 Å². The molecule has 0 radical (unpaired) electrons. The molecule has 2 aromatic carbocycles. The van der Waals surface area contributed by atoms with Gasteiger partial charge in [-0.05, 0) is 55.2 Å². The zero-order chi connectivity index (χ0) is 28.0. The number of benzene rings is 2. The monoisotopic (exact) mass is 552 g/mol. The lowest BCUT2D eigenvalue weighted by Crippen LogP contribution is -2.45. The zero-order valence-corrected chi connectivity index (χ0v) is 23.9. The summed E-state index contributed by atoms with van der Waals surface area (Å²) in [5.74, 6) is 1.04. The number of piperidine rings is 1. The van der Waals surface area contributed by atoms with E-state index in [1.54, 1.807) is 6.07 Å². The molecule has 0 bridgehead atoms. The number of imidazole rings is 1. The van der Waals surface area contributed by atoms with Crippen LogP contribution in [0.25, 0.3) is 23.2 Å². The summed E-state index contributed by atoms with van der Waals surface area (Å²) in [5.41, 5.74) is 5.74. The summed E-state index contributed by atoms with van der Waals surface area (Å²) in [6.45, 7) is 10.6. The molecule has 2 aliphatic rings. The first kappa shape index (κ1) is 27.4. The number of aromatic hydroxyl groups is 1. The molecule has 8 heteroatoms. The number of pyridine rings is 1. The fourth-order valence-corrected chi connectivity index (χ4v) is 5.73. The van der Waals surface area contributed by atoms with Crippen LogP contribution in [-0.4, -0.2) is 88.0 Å². The first-order valence-corrected chi connectivity index (χ1v) is 14.8. The highest BCUT2D eigenvalue weighted by molar-refractivity contribution is 5.83. The summed E-state index contributed by atoms with van der Waals surface area (Å²) in [5, 5.41) is 14.4. The standard InChI is InChI=1S/C33H40N6O2/c1-25-7-12-32(40)30(34-25)24-39-31-23-27(9-8-26-5-3-2-4-6-26)10-11-29(31)36-33(39)35-28-13-15-37(16-14-28)17-18-38-19-21-41-22-20-38/h2-12,23,28,40H,13-22,24H2,1H3,(H,35,36)/b9-8+. The maximum absolute atomic E-state index is 10.6. The third kappa shape index (κ3) is 6.96. The van der Waals surface area contributed by atoms with Gasteiger partial charge in [0.05, 0.1) is 30.8 Å². The van der Waals surface area contributed by atoms with E-state index >= 15 is 0 Å². The highest BCUT2D eigenvalue weighted by atomic mass is 16.5. The smallest absolute Gasteiger partial charge is 0.204 e. The minimum atomic E-state index is 0.206. The molecule has 6 rings (SSSR count). The predicted molar refractivity (Wildman–Crippen MR) is 165 cm³/mol. The Balaban J connectivity index is 1.20. The molecular weight excluding hydrogens is 512 g/mol. The van der Waals surface area contributed by atoms with E-state index in [0.717, 1.165) is 99.1 Å². The molecule has 0 spiro atoms. The lowest BCUT2D eigenvalue weighted by Gasteiger charge is -2.34. The predicted octanol–water partition coefficient (Wildman–Crippen LogP) is 4.87. The van der Waals surface area contributed by atoms with Gasteiger partial charge in [-0.25, -0.2) is 4.98 Å². The lowest BCUT2D eigenvalue weighted by atomic mass is 10.1. The number of fused-ring (bicyclic) bond motifs is 1. The summed E-state index contributed by atoms with van der Waals surface area (Å²) in [7, 11) is 0. The van der Waals surface area contributed by atoms with Crippen molar-refractivity contribution in [2.24, 2.45) is 0 Å². The first-order chi connectivity index (χ1) is 20.1. The van der Waals surface area contributed by atoms with Gasteiger partial charge in [-0.15, -0.1) is 0 Å². The van der Waals surface area contributed by atoms with Crippen LogP contribution in [0.5, 0.6) is 5.75 Å². The number of anilines is 1. The van der Waals surface area contributed by atoms with E-state index in [0.29, 0.717) is 18.3 Å². The van der Waals surface area contributed by atoms with Crippen LogP contribution in [0.2, 0.25) is 0 Å². The van der Waals surface area contributed by atoms with Crippen molar-refractivity contribution >= 4 is 29.1 Å². The van der Waals surface area contributed by atoms with Crippen LogP contribution in [-0.2, 0) is 11.3 Å². The van der Waals surface area contributed by atoms with Crippen LogP contribution >= 0.6 is 0 Å². The Hall–Kier alpha value is -3.72. The van der Waals surface area contributed by atoms with Crippen molar-refractivity contribution in [1.82, 2.24) is 24.3 Å². The van der Waals surface area contributed by atoms with Crippen LogP contribution < -0.4 is 5.32 Å². The number of aryl methyl sites for hydroxylation is 1. The number of hydrogen-bond donors (Lipinski definition) is 2. The van der Waals surface area contributed by atoms with E-state index in [9.17, 15) is 5.11 Å². The van der Waals surface area contributed by atoms with Crippen molar-refractivity contribution in [3.63, 3.8) is 0 Å². The number of nitrogens with zero attached hydrogens (tertiary/aromatic N) is 5. The van der Waals surface area contributed by atoms with Crippen LogP contribution in [0.4, 0.5) is 5.95 Å². The Kier molecular flexibility index (Phi) is 8.60. The lowest BCUT2D eigenvalue weighted by molar-refractivity contribution is 0.0322. The second kappa shape index (κ2) is 12.9. The van der Waals surface area contributed by atoms with Gasteiger partial charge in [0.2, 0.25) is 5.95 Å². The SMILES string of the molecule is Cc1ccc(O)c(Cn2c(NC3CCN(CCN4CCOCC4)CC3)nc3ccc(/C=C/c4ccccc4)cc32)n1. The zero-order valence-electron chi connectivity index (χ0n) is 23.9. The number of hydrogen-bond acceptors (Lipinski definition) is 7. The van der Waals surface area contributed by atoms with Crippen molar-refractivity contribution in [2.45, 2.75) is 32.4 Å². The Morgan fingerprint density at radius 1 is 0.878 bits per heavy atom. The maximum atomic E-state index is 10.6. The molecule has 0 saturated carbocycles. The molecule has 2 aliphatic heterocycles. The van der Waals surface area contributed by atoms with Crippen molar-refractivity contribution in [3.8, 4) is 5.75 Å². The Bertz CT molecular complexity index is 1470. The topological polar surface area (TPSA) is 78.7 Å². The van der Waals surface area contributed by atoms with Crippen LogP contribution in [0.3, 0.4) is 0 Å². The first-order valence-electron chi connectivity index (χ1n) is 14.8. The van der Waals surface area contributed by atoms with Crippen LogP contribution in [0.15, 0.2) is 60.7 Å². The van der Waals surface area contributed by atoms with Crippen molar-refractivity contribution in [3.05, 3.63) is 83.2 Å². The average Bonchev–Trinajstić information content (AvgIpc) is 3.34. The number of nitrogens with one attached hydrogen (secondary N) is 1.